The Morgan fingerprint density at radius 2 is 1.40 bits per heavy atom. The van der Waals surface area contributed by atoms with Crippen molar-refractivity contribution < 1.29 is 36.6 Å². The van der Waals surface area contributed by atoms with E-state index in [1.54, 1.807) is 54.6 Å². The first-order valence-corrected chi connectivity index (χ1v) is 13.9. The van der Waals surface area contributed by atoms with Gasteiger partial charge >= 0.3 is 5.97 Å². The molecule has 0 bridgehead atoms. The summed E-state index contributed by atoms with van der Waals surface area (Å²) in [6.45, 7) is 1.29. The van der Waals surface area contributed by atoms with Crippen LogP contribution in [-0.2, 0) is 16.1 Å². The van der Waals surface area contributed by atoms with Gasteiger partial charge in [0.25, 0.3) is 0 Å². The van der Waals surface area contributed by atoms with Crippen molar-refractivity contribution in [2.24, 2.45) is 4.99 Å². The molecule has 1 aliphatic rings. The molecule has 1 saturated heterocycles. The fourth-order valence-electron chi connectivity index (χ4n) is 5.17. The van der Waals surface area contributed by atoms with Gasteiger partial charge in [-0.05, 0) is 37.1 Å². The number of para-hydroxylation sites is 1. The van der Waals surface area contributed by atoms with Gasteiger partial charge in [-0.2, -0.15) is 0 Å². The lowest BCUT2D eigenvalue weighted by Gasteiger charge is -2.24. The normalized spacial score (nSPS) is 15.7. The number of hydrogen-bond donors (Lipinski definition) is 2. The van der Waals surface area contributed by atoms with Crippen LogP contribution in [0.2, 0.25) is 0 Å². The third kappa shape index (κ3) is 6.83. The third-order valence-electron chi connectivity index (χ3n) is 7.36. The smallest absolute Gasteiger partial charge is 0.354 e. The van der Waals surface area contributed by atoms with Crippen molar-refractivity contribution in [2.45, 2.75) is 25.4 Å². The number of carboxylic acids is 1. The molecule has 0 radical (unpaired) electrons. The van der Waals surface area contributed by atoms with Crippen LogP contribution in [0.4, 0.5) is 27.6 Å². The quantitative estimate of drug-likeness (QED) is 0.0699. The van der Waals surface area contributed by atoms with Crippen molar-refractivity contribution in [3.05, 3.63) is 142 Å². The highest BCUT2D eigenvalue weighted by atomic mass is 19.2. The van der Waals surface area contributed by atoms with Gasteiger partial charge in [-0.3, -0.25) is 9.69 Å². The van der Waals surface area contributed by atoms with E-state index in [4.69, 9.17) is 0 Å². The second-order valence-corrected chi connectivity index (χ2v) is 10.3. The molecule has 0 aromatic heterocycles. The van der Waals surface area contributed by atoms with Crippen molar-refractivity contribution >= 4 is 29.4 Å². The summed E-state index contributed by atoms with van der Waals surface area (Å²) >= 11 is 0. The number of benzene rings is 4. The molecule has 45 heavy (non-hydrogen) atoms. The van der Waals surface area contributed by atoms with Crippen molar-refractivity contribution in [1.82, 2.24) is 4.90 Å². The van der Waals surface area contributed by atoms with Crippen LogP contribution in [0, 0.1) is 29.1 Å². The van der Waals surface area contributed by atoms with E-state index in [0.717, 1.165) is 18.5 Å². The van der Waals surface area contributed by atoms with Crippen molar-refractivity contribution in [1.29, 1.82) is 0 Å². The number of carbonyl (C=O) groups is 2. The summed E-state index contributed by atoms with van der Waals surface area (Å²) in [4.78, 5) is 32.0. The Morgan fingerprint density at radius 3 is 2.04 bits per heavy atom. The highest BCUT2D eigenvalue weighted by Gasteiger charge is 2.31. The van der Waals surface area contributed by atoms with Crippen molar-refractivity contribution in [2.75, 3.05) is 11.9 Å². The standard InChI is InChI=1S/C34H26F5N3O3/c35-27-23(28(36)30(38)31(39)29(27)37)18-25(34(44)45)40-32(21-12-5-2-6-13-21)22-14-7-8-15-24(22)41-33(43)26-16-9-17-42(26)19-20-10-3-1-4-11-20/h1-8,10-15,18,26H,9,16-17,19H2,(H,41,43)(H,44,45)/b25-18+,40-32?/t26-/m0/s1. The molecule has 5 rings (SSSR count). The second kappa shape index (κ2) is 13.6. The van der Waals surface area contributed by atoms with E-state index in [0.29, 0.717) is 18.5 Å². The van der Waals surface area contributed by atoms with E-state index < -0.39 is 52.4 Å². The van der Waals surface area contributed by atoms with E-state index in [-0.39, 0.29) is 28.9 Å². The third-order valence-corrected chi connectivity index (χ3v) is 7.36. The minimum Gasteiger partial charge on any atom is -0.477 e. The van der Waals surface area contributed by atoms with Crippen LogP contribution in [0.1, 0.15) is 35.1 Å². The summed E-state index contributed by atoms with van der Waals surface area (Å²) in [5.74, 6) is -13.3. The number of aliphatic imine (C=N–C) groups is 1. The predicted molar refractivity (Wildman–Crippen MR) is 159 cm³/mol. The van der Waals surface area contributed by atoms with Gasteiger partial charge in [0.05, 0.1) is 23.0 Å². The number of hydrogen-bond acceptors (Lipinski definition) is 4. The number of likely N-dealkylation sites (tertiary alicyclic amines) is 1. The Bertz CT molecular complexity index is 1770. The first kappa shape index (κ1) is 31.3. The molecular formula is C34H26F5N3O3. The van der Waals surface area contributed by atoms with Gasteiger partial charge in [0, 0.05) is 17.7 Å². The number of halogens is 5. The van der Waals surface area contributed by atoms with Crippen LogP contribution in [0.15, 0.2) is 95.6 Å². The monoisotopic (exact) mass is 619 g/mol. The fraction of sp³-hybridized carbons (Fsp3) is 0.147. The second-order valence-electron chi connectivity index (χ2n) is 10.3. The van der Waals surface area contributed by atoms with Gasteiger partial charge in [-0.25, -0.2) is 31.7 Å². The van der Waals surface area contributed by atoms with Crippen LogP contribution < -0.4 is 5.32 Å². The minimum absolute atomic E-state index is 0.0309. The summed E-state index contributed by atoms with van der Waals surface area (Å²) in [5.41, 5.74) is -0.555. The van der Waals surface area contributed by atoms with Gasteiger partial charge < -0.3 is 10.4 Å². The number of rotatable bonds is 9. The molecular weight excluding hydrogens is 593 g/mol. The largest absolute Gasteiger partial charge is 0.477 e. The molecule has 1 atom stereocenters. The molecule has 1 fully saturated rings. The molecule has 1 aliphatic heterocycles. The first-order valence-electron chi connectivity index (χ1n) is 13.9. The molecule has 0 spiro atoms. The summed E-state index contributed by atoms with van der Waals surface area (Å²) < 4.78 is 70.3. The molecule has 6 nitrogen and oxygen atoms in total. The minimum atomic E-state index is -2.37. The van der Waals surface area contributed by atoms with Crippen molar-refractivity contribution in [3.63, 3.8) is 0 Å². The lowest BCUT2D eigenvalue weighted by molar-refractivity contribution is -0.132. The number of nitrogens with zero attached hydrogens (tertiary/aromatic N) is 2. The average Bonchev–Trinajstić information content (AvgIpc) is 3.52. The topological polar surface area (TPSA) is 82.0 Å². The maximum absolute atomic E-state index is 14.5. The Labute approximate surface area is 255 Å². The fourth-order valence-corrected chi connectivity index (χ4v) is 5.17. The summed E-state index contributed by atoms with van der Waals surface area (Å²) in [5, 5.41) is 12.8. The van der Waals surface area contributed by atoms with Gasteiger partial charge in [-0.1, -0.05) is 78.9 Å². The van der Waals surface area contributed by atoms with Crippen molar-refractivity contribution in [3.8, 4) is 0 Å². The number of aliphatic carboxylic acids is 1. The van der Waals surface area contributed by atoms with Crippen LogP contribution in [0.25, 0.3) is 6.08 Å². The molecule has 0 aliphatic carbocycles. The van der Waals surface area contributed by atoms with E-state index in [1.807, 2.05) is 30.3 Å². The van der Waals surface area contributed by atoms with Gasteiger partial charge in [0.15, 0.2) is 23.3 Å². The lowest BCUT2D eigenvalue weighted by atomic mass is 9.99. The molecule has 4 aromatic rings. The van der Waals surface area contributed by atoms with Gasteiger partial charge in [-0.15, -0.1) is 0 Å². The number of carboxylic acid groups (broad SMARTS) is 1. The Hall–Kier alpha value is -5.16. The molecule has 4 aromatic carbocycles. The Kier molecular flexibility index (Phi) is 9.48. The Morgan fingerprint density at radius 1 is 0.822 bits per heavy atom. The summed E-state index contributed by atoms with van der Waals surface area (Å²) in [6, 6.07) is 23.9. The van der Waals surface area contributed by atoms with Crippen LogP contribution in [-0.4, -0.2) is 40.2 Å². The molecule has 0 unspecified atom stereocenters. The predicted octanol–water partition coefficient (Wildman–Crippen LogP) is 6.95. The summed E-state index contributed by atoms with van der Waals surface area (Å²) in [6.07, 6.45) is 1.71. The van der Waals surface area contributed by atoms with Crippen LogP contribution in [0.3, 0.4) is 0 Å². The van der Waals surface area contributed by atoms with Crippen LogP contribution >= 0.6 is 0 Å². The SMILES string of the molecule is O=C(O)/C(=C\c1c(F)c(F)c(F)c(F)c1F)N=C(c1ccccc1)c1ccccc1NC(=O)[C@@H]1CCCN1Cc1ccccc1. The number of carbonyl (C=O) groups excluding carboxylic acids is 1. The maximum Gasteiger partial charge on any atom is 0.354 e. The van der Waals surface area contributed by atoms with Crippen LogP contribution in [0.5, 0.6) is 0 Å². The van der Waals surface area contributed by atoms with E-state index >= 15 is 0 Å². The zero-order valence-electron chi connectivity index (χ0n) is 23.6. The molecule has 1 heterocycles. The molecule has 1 amide bonds. The van der Waals surface area contributed by atoms with E-state index in [9.17, 15) is 36.6 Å². The number of anilines is 1. The molecule has 230 valence electrons. The molecule has 11 heteroatoms. The van der Waals surface area contributed by atoms with E-state index in [1.165, 1.54) is 0 Å². The Balaban J connectivity index is 1.56. The molecule has 2 N–H and O–H groups in total. The highest BCUT2D eigenvalue weighted by molar-refractivity contribution is 6.18. The lowest BCUT2D eigenvalue weighted by Crippen LogP contribution is -2.39. The van der Waals surface area contributed by atoms with E-state index in [2.05, 4.69) is 15.2 Å². The average molecular weight is 620 g/mol. The highest BCUT2D eigenvalue weighted by Crippen LogP contribution is 2.28. The van der Waals surface area contributed by atoms with Gasteiger partial charge in [0.2, 0.25) is 11.7 Å². The zero-order chi connectivity index (χ0) is 32.1. The molecule has 0 saturated carbocycles. The van der Waals surface area contributed by atoms with Gasteiger partial charge in [0.1, 0.15) is 5.70 Å². The zero-order valence-corrected chi connectivity index (χ0v) is 23.6. The number of nitrogens with one attached hydrogen (secondary N) is 1. The first-order chi connectivity index (χ1) is 21.7. The summed E-state index contributed by atoms with van der Waals surface area (Å²) in [7, 11) is 0. The number of amides is 1. The maximum atomic E-state index is 14.5.